The van der Waals surface area contributed by atoms with Gasteiger partial charge in [-0.15, -0.1) is 0 Å². The number of benzene rings is 1. The van der Waals surface area contributed by atoms with Crippen LogP contribution in [0.3, 0.4) is 0 Å². The predicted molar refractivity (Wildman–Crippen MR) is 74.7 cm³/mol. The van der Waals surface area contributed by atoms with Crippen molar-refractivity contribution in [1.82, 2.24) is 9.78 Å². The van der Waals surface area contributed by atoms with E-state index in [0.29, 0.717) is 12.2 Å². The molecule has 0 bridgehead atoms. The van der Waals surface area contributed by atoms with Gasteiger partial charge in [0, 0.05) is 22.9 Å². The smallest absolute Gasteiger partial charge is 0.273 e. The quantitative estimate of drug-likeness (QED) is 0.946. The van der Waals surface area contributed by atoms with Crippen molar-refractivity contribution >= 4 is 27.5 Å². The Labute approximate surface area is 114 Å². The molecule has 0 saturated heterocycles. The number of amides is 1. The van der Waals surface area contributed by atoms with Gasteiger partial charge >= 0.3 is 0 Å². The van der Waals surface area contributed by atoms with Gasteiger partial charge in [0.05, 0.1) is 0 Å². The van der Waals surface area contributed by atoms with Crippen LogP contribution >= 0.6 is 15.9 Å². The molecule has 2 aromatic rings. The van der Waals surface area contributed by atoms with E-state index >= 15 is 0 Å². The average molecular weight is 308 g/mol. The Morgan fingerprint density at radius 1 is 1.44 bits per heavy atom. The molecule has 1 heterocycles. The summed E-state index contributed by atoms with van der Waals surface area (Å²) in [5.41, 5.74) is 2.43. The minimum Gasteiger partial charge on any atom is -0.321 e. The van der Waals surface area contributed by atoms with Gasteiger partial charge in [0.25, 0.3) is 5.91 Å². The van der Waals surface area contributed by atoms with Gasteiger partial charge in [0.1, 0.15) is 5.69 Å². The van der Waals surface area contributed by atoms with Crippen LogP contribution < -0.4 is 5.32 Å². The third-order valence-electron chi connectivity index (χ3n) is 2.66. The van der Waals surface area contributed by atoms with Gasteiger partial charge in [-0.2, -0.15) is 5.10 Å². The summed E-state index contributed by atoms with van der Waals surface area (Å²) in [5, 5.41) is 6.94. The van der Waals surface area contributed by atoms with Crippen molar-refractivity contribution in [3.63, 3.8) is 0 Å². The molecule has 0 aliphatic carbocycles. The third-order valence-corrected chi connectivity index (χ3v) is 3.55. The second-order valence-corrected chi connectivity index (χ2v) is 4.80. The second kappa shape index (κ2) is 5.35. The van der Waals surface area contributed by atoms with Crippen LogP contribution in [0.1, 0.15) is 23.0 Å². The van der Waals surface area contributed by atoms with Gasteiger partial charge < -0.3 is 5.32 Å². The van der Waals surface area contributed by atoms with Crippen LogP contribution in [-0.4, -0.2) is 15.7 Å². The Bertz CT molecular complexity index is 577. The molecular weight excluding hydrogens is 294 g/mol. The van der Waals surface area contributed by atoms with Crippen LogP contribution in [-0.2, 0) is 6.54 Å². The minimum absolute atomic E-state index is 0.143. The van der Waals surface area contributed by atoms with E-state index < -0.39 is 0 Å². The van der Waals surface area contributed by atoms with E-state index in [1.807, 2.05) is 32.0 Å². The van der Waals surface area contributed by atoms with Gasteiger partial charge in [-0.3, -0.25) is 9.48 Å². The van der Waals surface area contributed by atoms with E-state index in [-0.39, 0.29) is 5.91 Å². The first-order chi connectivity index (χ1) is 8.61. The van der Waals surface area contributed by atoms with Gasteiger partial charge in [-0.25, -0.2) is 0 Å². The van der Waals surface area contributed by atoms with Crippen LogP contribution in [0.5, 0.6) is 0 Å². The van der Waals surface area contributed by atoms with E-state index in [2.05, 4.69) is 26.3 Å². The van der Waals surface area contributed by atoms with Crippen molar-refractivity contribution in [3.05, 3.63) is 46.2 Å². The Morgan fingerprint density at radius 2 is 2.22 bits per heavy atom. The van der Waals surface area contributed by atoms with Crippen molar-refractivity contribution in [2.75, 3.05) is 5.32 Å². The summed E-state index contributed by atoms with van der Waals surface area (Å²) < 4.78 is 2.69. The number of nitrogens with one attached hydrogen (secondary N) is 1. The molecule has 1 aromatic heterocycles. The van der Waals surface area contributed by atoms with E-state index in [9.17, 15) is 4.79 Å². The highest BCUT2D eigenvalue weighted by Gasteiger charge is 2.11. The SMILES string of the molecule is CCn1nccc1C(=O)Nc1ccc(Br)c(C)c1. The number of aryl methyl sites for hydroxylation is 2. The van der Waals surface area contributed by atoms with E-state index in [1.54, 1.807) is 16.9 Å². The molecule has 0 fully saturated rings. The summed E-state index contributed by atoms with van der Waals surface area (Å²) in [7, 11) is 0. The van der Waals surface area contributed by atoms with Gasteiger partial charge in [0.2, 0.25) is 0 Å². The Hall–Kier alpha value is -1.62. The first-order valence-electron chi connectivity index (χ1n) is 5.71. The third kappa shape index (κ3) is 2.61. The van der Waals surface area contributed by atoms with E-state index in [4.69, 9.17) is 0 Å². The number of halogens is 1. The van der Waals surface area contributed by atoms with Crippen molar-refractivity contribution in [1.29, 1.82) is 0 Å². The molecule has 0 aliphatic heterocycles. The zero-order chi connectivity index (χ0) is 13.1. The number of hydrogen-bond acceptors (Lipinski definition) is 2. The molecule has 0 aliphatic rings. The lowest BCUT2D eigenvalue weighted by Crippen LogP contribution is -2.17. The number of hydrogen-bond donors (Lipinski definition) is 1. The molecule has 18 heavy (non-hydrogen) atoms. The highest BCUT2D eigenvalue weighted by atomic mass is 79.9. The highest BCUT2D eigenvalue weighted by molar-refractivity contribution is 9.10. The number of nitrogens with zero attached hydrogens (tertiary/aromatic N) is 2. The standard InChI is InChI=1S/C13H14BrN3O/c1-3-17-12(6-7-15-17)13(18)16-10-4-5-11(14)9(2)8-10/h4-8H,3H2,1-2H3,(H,16,18). The average Bonchev–Trinajstić information content (AvgIpc) is 2.82. The normalized spacial score (nSPS) is 10.4. The van der Waals surface area contributed by atoms with Crippen LogP contribution in [0.15, 0.2) is 34.9 Å². The van der Waals surface area contributed by atoms with Crippen molar-refractivity contribution in [3.8, 4) is 0 Å². The molecule has 94 valence electrons. The maximum Gasteiger partial charge on any atom is 0.273 e. The predicted octanol–water partition coefficient (Wildman–Crippen LogP) is 3.23. The summed E-state index contributed by atoms with van der Waals surface area (Å²) in [6, 6.07) is 7.42. The van der Waals surface area contributed by atoms with E-state index in [1.165, 1.54) is 0 Å². The zero-order valence-corrected chi connectivity index (χ0v) is 11.9. The number of aromatic nitrogens is 2. The molecule has 0 saturated carbocycles. The van der Waals surface area contributed by atoms with Crippen LogP contribution in [0.25, 0.3) is 0 Å². The second-order valence-electron chi connectivity index (χ2n) is 3.95. The molecular formula is C13H14BrN3O. The molecule has 0 spiro atoms. The first-order valence-corrected chi connectivity index (χ1v) is 6.50. The number of carbonyl (C=O) groups excluding carboxylic acids is 1. The van der Waals surface area contributed by atoms with Crippen molar-refractivity contribution in [2.24, 2.45) is 0 Å². The molecule has 5 heteroatoms. The zero-order valence-electron chi connectivity index (χ0n) is 10.3. The molecule has 4 nitrogen and oxygen atoms in total. The van der Waals surface area contributed by atoms with Crippen molar-refractivity contribution < 1.29 is 4.79 Å². The topological polar surface area (TPSA) is 46.9 Å². The molecule has 0 radical (unpaired) electrons. The lowest BCUT2D eigenvalue weighted by molar-refractivity contribution is 0.101. The number of rotatable bonds is 3. The minimum atomic E-state index is -0.143. The van der Waals surface area contributed by atoms with Gasteiger partial charge in [-0.1, -0.05) is 15.9 Å². The Balaban J connectivity index is 2.19. The molecule has 1 N–H and O–H groups in total. The first kappa shape index (κ1) is 12.8. The molecule has 2 rings (SSSR count). The monoisotopic (exact) mass is 307 g/mol. The number of anilines is 1. The maximum atomic E-state index is 12.1. The van der Waals surface area contributed by atoms with Crippen LogP contribution in [0.4, 0.5) is 5.69 Å². The Kier molecular flexibility index (Phi) is 3.81. The summed E-state index contributed by atoms with van der Waals surface area (Å²) in [6.07, 6.45) is 1.63. The number of carbonyl (C=O) groups is 1. The maximum absolute atomic E-state index is 12.1. The summed E-state index contributed by atoms with van der Waals surface area (Å²) in [5.74, 6) is -0.143. The molecule has 1 aromatic carbocycles. The lowest BCUT2D eigenvalue weighted by Gasteiger charge is -2.08. The van der Waals surface area contributed by atoms with Crippen LogP contribution in [0, 0.1) is 6.92 Å². The fourth-order valence-electron chi connectivity index (χ4n) is 1.70. The summed E-state index contributed by atoms with van der Waals surface area (Å²) in [4.78, 5) is 12.1. The fourth-order valence-corrected chi connectivity index (χ4v) is 1.94. The molecule has 0 atom stereocenters. The van der Waals surface area contributed by atoms with E-state index in [0.717, 1.165) is 15.7 Å². The van der Waals surface area contributed by atoms with Crippen molar-refractivity contribution in [2.45, 2.75) is 20.4 Å². The lowest BCUT2D eigenvalue weighted by atomic mass is 10.2. The van der Waals surface area contributed by atoms with Gasteiger partial charge in [0.15, 0.2) is 0 Å². The molecule has 0 unspecified atom stereocenters. The van der Waals surface area contributed by atoms with Crippen LogP contribution in [0.2, 0.25) is 0 Å². The van der Waals surface area contributed by atoms with Gasteiger partial charge in [-0.05, 0) is 43.7 Å². The highest BCUT2D eigenvalue weighted by Crippen LogP contribution is 2.20. The summed E-state index contributed by atoms with van der Waals surface area (Å²) in [6.45, 7) is 4.61. The largest absolute Gasteiger partial charge is 0.321 e. The summed E-state index contributed by atoms with van der Waals surface area (Å²) >= 11 is 3.43. The Morgan fingerprint density at radius 3 is 2.89 bits per heavy atom. The fraction of sp³-hybridized carbons (Fsp3) is 0.231. The molecule has 1 amide bonds.